The van der Waals surface area contributed by atoms with Crippen LogP contribution in [0.5, 0.6) is 0 Å². The van der Waals surface area contributed by atoms with E-state index in [0.717, 1.165) is 0 Å². The minimum Gasteiger partial charge on any atom is -0.289 e. The molecule has 0 N–H and O–H groups in total. The van der Waals surface area contributed by atoms with Gasteiger partial charge in [0.2, 0.25) is 0 Å². The SMILES string of the molecule is [N-]=[N+]=Nc1ccccc1C(=O)c1ccccc1. The molecule has 0 saturated heterocycles. The van der Waals surface area contributed by atoms with Crippen molar-refractivity contribution in [3.63, 3.8) is 0 Å². The van der Waals surface area contributed by atoms with Gasteiger partial charge in [-0.1, -0.05) is 59.7 Å². The maximum absolute atomic E-state index is 12.2. The van der Waals surface area contributed by atoms with Crippen LogP contribution in [-0.4, -0.2) is 5.78 Å². The third-order valence-corrected chi connectivity index (χ3v) is 2.34. The second-order valence-corrected chi connectivity index (χ2v) is 3.40. The Morgan fingerprint density at radius 3 is 2.35 bits per heavy atom. The Morgan fingerprint density at radius 1 is 1.00 bits per heavy atom. The summed E-state index contributed by atoms with van der Waals surface area (Å²) in [5.41, 5.74) is 9.78. The zero-order valence-corrected chi connectivity index (χ0v) is 8.95. The zero-order chi connectivity index (χ0) is 12.1. The van der Waals surface area contributed by atoms with Gasteiger partial charge in [-0.25, -0.2) is 0 Å². The molecular formula is C13H9N3O. The Balaban J connectivity index is 2.48. The molecule has 4 nitrogen and oxygen atoms in total. The topological polar surface area (TPSA) is 65.8 Å². The Hall–Kier alpha value is -2.58. The van der Waals surface area contributed by atoms with Crippen molar-refractivity contribution in [2.75, 3.05) is 0 Å². The van der Waals surface area contributed by atoms with Crippen molar-refractivity contribution < 1.29 is 4.79 Å². The number of ketones is 1. The van der Waals surface area contributed by atoms with Crippen molar-refractivity contribution in [1.29, 1.82) is 0 Å². The Labute approximate surface area is 98.1 Å². The van der Waals surface area contributed by atoms with Gasteiger partial charge in [-0.2, -0.15) is 0 Å². The van der Waals surface area contributed by atoms with Gasteiger partial charge in [0.25, 0.3) is 0 Å². The predicted octanol–water partition coefficient (Wildman–Crippen LogP) is 3.86. The number of hydrogen-bond donors (Lipinski definition) is 0. The Morgan fingerprint density at radius 2 is 1.65 bits per heavy atom. The molecule has 4 heteroatoms. The fraction of sp³-hybridized carbons (Fsp3) is 0. The van der Waals surface area contributed by atoms with Gasteiger partial charge >= 0.3 is 0 Å². The lowest BCUT2D eigenvalue weighted by Crippen LogP contribution is -2.00. The summed E-state index contributed by atoms with van der Waals surface area (Å²) in [7, 11) is 0. The van der Waals surface area contributed by atoms with E-state index < -0.39 is 0 Å². The van der Waals surface area contributed by atoms with Crippen molar-refractivity contribution in [1.82, 2.24) is 0 Å². The van der Waals surface area contributed by atoms with E-state index in [0.29, 0.717) is 16.8 Å². The van der Waals surface area contributed by atoms with Gasteiger partial charge in [0, 0.05) is 21.7 Å². The van der Waals surface area contributed by atoms with Crippen LogP contribution in [0.15, 0.2) is 59.7 Å². The van der Waals surface area contributed by atoms with Crippen LogP contribution in [0.1, 0.15) is 15.9 Å². The number of nitrogens with zero attached hydrogens (tertiary/aromatic N) is 3. The van der Waals surface area contributed by atoms with Gasteiger partial charge in [-0.05, 0) is 5.53 Å². The van der Waals surface area contributed by atoms with Crippen LogP contribution in [0.4, 0.5) is 5.69 Å². The summed E-state index contributed by atoms with van der Waals surface area (Å²) in [6.07, 6.45) is 0. The number of carbonyl (C=O) groups excluding carboxylic acids is 1. The molecule has 82 valence electrons. The maximum atomic E-state index is 12.2. The lowest BCUT2D eigenvalue weighted by molar-refractivity contribution is 0.103. The molecule has 0 aliphatic heterocycles. The third kappa shape index (κ3) is 2.33. The molecular weight excluding hydrogens is 214 g/mol. The molecule has 0 heterocycles. The average Bonchev–Trinajstić information content (AvgIpc) is 2.40. The number of carbonyl (C=O) groups is 1. The van der Waals surface area contributed by atoms with Crippen LogP contribution in [0, 0.1) is 0 Å². The van der Waals surface area contributed by atoms with E-state index in [1.165, 1.54) is 0 Å². The first-order valence-electron chi connectivity index (χ1n) is 5.07. The van der Waals surface area contributed by atoms with E-state index in [2.05, 4.69) is 10.0 Å². The molecule has 0 amide bonds. The van der Waals surface area contributed by atoms with E-state index in [1.807, 2.05) is 6.07 Å². The lowest BCUT2D eigenvalue weighted by atomic mass is 10.0. The molecule has 2 aromatic rings. The smallest absolute Gasteiger partial charge is 0.193 e. The predicted molar refractivity (Wildman–Crippen MR) is 65.1 cm³/mol. The van der Waals surface area contributed by atoms with E-state index in [4.69, 9.17) is 5.53 Å². The molecule has 0 aliphatic carbocycles. The highest BCUT2D eigenvalue weighted by atomic mass is 16.1. The highest BCUT2D eigenvalue weighted by Crippen LogP contribution is 2.21. The fourth-order valence-corrected chi connectivity index (χ4v) is 1.55. The van der Waals surface area contributed by atoms with Gasteiger partial charge in [-0.15, -0.1) is 0 Å². The molecule has 2 aromatic carbocycles. The third-order valence-electron chi connectivity index (χ3n) is 2.34. The normalized spacial score (nSPS) is 9.41. The van der Waals surface area contributed by atoms with Crippen molar-refractivity contribution in [3.8, 4) is 0 Å². The lowest BCUT2D eigenvalue weighted by Gasteiger charge is -2.03. The molecule has 0 fully saturated rings. The highest BCUT2D eigenvalue weighted by molar-refractivity contribution is 6.11. The highest BCUT2D eigenvalue weighted by Gasteiger charge is 2.11. The fourth-order valence-electron chi connectivity index (χ4n) is 1.55. The Bertz CT molecular complexity index is 587. The molecule has 0 bridgehead atoms. The van der Waals surface area contributed by atoms with Crippen LogP contribution in [-0.2, 0) is 0 Å². The van der Waals surface area contributed by atoms with Crippen LogP contribution in [0.25, 0.3) is 10.4 Å². The van der Waals surface area contributed by atoms with E-state index in [1.54, 1.807) is 48.5 Å². The summed E-state index contributed by atoms with van der Waals surface area (Å²) in [5.74, 6) is -0.145. The second-order valence-electron chi connectivity index (χ2n) is 3.40. The Kier molecular flexibility index (Phi) is 3.19. The molecule has 0 atom stereocenters. The minimum absolute atomic E-state index is 0.145. The van der Waals surface area contributed by atoms with Crippen LogP contribution >= 0.6 is 0 Å². The van der Waals surface area contributed by atoms with Crippen LogP contribution < -0.4 is 0 Å². The molecule has 2 rings (SSSR count). The summed E-state index contributed by atoms with van der Waals surface area (Å²) in [6.45, 7) is 0. The molecule has 0 radical (unpaired) electrons. The average molecular weight is 223 g/mol. The van der Waals surface area contributed by atoms with E-state index >= 15 is 0 Å². The van der Waals surface area contributed by atoms with Gasteiger partial charge in [0.05, 0.1) is 0 Å². The van der Waals surface area contributed by atoms with E-state index in [-0.39, 0.29) is 5.78 Å². The van der Waals surface area contributed by atoms with Crippen LogP contribution in [0.2, 0.25) is 0 Å². The summed E-state index contributed by atoms with van der Waals surface area (Å²) < 4.78 is 0. The molecule has 0 aromatic heterocycles. The number of benzene rings is 2. The summed E-state index contributed by atoms with van der Waals surface area (Å²) in [6, 6.07) is 15.6. The minimum atomic E-state index is -0.145. The number of azide groups is 1. The van der Waals surface area contributed by atoms with Crippen LogP contribution in [0.3, 0.4) is 0 Å². The molecule has 0 saturated carbocycles. The monoisotopic (exact) mass is 223 g/mol. The summed E-state index contributed by atoms with van der Waals surface area (Å²) in [4.78, 5) is 14.9. The van der Waals surface area contributed by atoms with Gasteiger partial charge in [0.15, 0.2) is 5.78 Å². The first-order chi connectivity index (χ1) is 8.33. The largest absolute Gasteiger partial charge is 0.289 e. The molecule has 0 aliphatic rings. The second kappa shape index (κ2) is 4.96. The quantitative estimate of drug-likeness (QED) is 0.337. The van der Waals surface area contributed by atoms with Gasteiger partial charge in [-0.3, -0.25) is 4.79 Å². The van der Waals surface area contributed by atoms with Crippen molar-refractivity contribution in [2.45, 2.75) is 0 Å². The van der Waals surface area contributed by atoms with E-state index in [9.17, 15) is 4.79 Å². The first-order valence-corrected chi connectivity index (χ1v) is 5.07. The van der Waals surface area contributed by atoms with Gasteiger partial charge in [0.1, 0.15) is 0 Å². The maximum Gasteiger partial charge on any atom is 0.193 e. The number of rotatable bonds is 3. The standard InChI is InChI=1S/C13H9N3O/c14-16-15-12-9-5-4-8-11(12)13(17)10-6-2-1-3-7-10/h1-9H. The van der Waals surface area contributed by atoms with Crippen molar-refractivity contribution in [2.24, 2.45) is 5.11 Å². The first kappa shape index (κ1) is 10.9. The molecule has 0 spiro atoms. The zero-order valence-electron chi connectivity index (χ0n) is 8.95. The molecule has 0 unspecified atom stereocenters. The summed E-state index contributed by atoms with van der Waals surface area (Å²) in [5, 5.41) is 3.51. The van der Waals surface area contributed by atoms with Crippen molar-refractivity contribution >= 4 is 11.5 Å². The molecule has 17 heavy (non-hydrogen) atoms. The number of hydrogen-bond acceptors (Lipinski definition) is 2. The van der Waals surface area contributed by atoms with Gasteiger partial charge < -0.3 is 0 Å². The summed E-state index contributed by atoms with van der Waals surface area (Å²) >= 11 is 0. The van der Waals surface area contributed by atoms with Crippen molar-refractivity contribution in [3.05, 3.63) is 76.2 Å².